The van der Waals surface area contributed by atoms with Crippen molar-refractivity contribution in [1.82, 2.24) is 0 Å². The lowest BCUT2D eigenvalue weighted by atomic mass is 10.1. The fourth-order valence-electron chi connectivity index (χ4n) is 1.58. The Morgan fingerprint density at radius 1 is 1.22 bits per heavy atom. The Bertz CT molecular complexity index is 343. The highest BCUT2D eigenvalue weighted by molar-refractivity contribution is 8.00. The fourth-order valence-corrected chi connectivity index (χ4v) is 2.47. The Morgan fingerprint density at radius 2 is 1.83 bits per heavy atom. The number of aryl methyl sites for hydroxylation is 1. The van der Waals surface area contributed by atoms with Crippen molar-refractivity contribution in [2.24, 2.45) is 5.73 Å². The quantitative estimate of drug-likeness (QED) is 0.857. The summed E-state index contributed by atoms with van der Waals surface area (Å²) in [4.78, 5) is 0. The van der Waals surface area contributed by atoms with Crippen LogP contribution >= 0.6 is 11.8 Å². The van der Waals surface area contributed by atoms with Crippen LogP contribution in [0.3, 0.4) is 0 Å². The molecule has 0 bridgehead atoms. The number of nitrogens with two attached hydrogens (primary N) is 1. The second-order valence-corrected chi connectivity index (χ2v) is 7.42. The van der Waals surface area contributed by atoms with E-state index in [9.17, 15) is 0 Å². The molecular weight excluding hydrogens is 242 g/mol. The van der Waals surface area contributed by atoms with Gasteiger partial charge in [-0.2, -0.15) is 11.8 Å². The van der Waals surface area contributed by atoms with Gasteiger partial charge in [0.1, 0.15) is 5.75 Å². The van der Waals surface area contributed by atoms with Gasteiger partial charge in [-0.3, -0.25) is 0 Å². The molecule has 0 radical (unpaired) electrons. The van der Waals surface area contributed by atoms with E-state index in [-0.39, 0.29) is 6.04 Å². The van der Waals surface area contributed by atoms with Crippen LogP contribution in [0.1, 0.15) is 32.8 Å². The highest BCUT2D eigenvalue weighted by Gasteiger charge is 2.13. The summed E-state index contributed by atoms with van der Waals surface area (Å²) in [5.74, 6) is 1.94. The van der Waals surface area contributed by atoms with Gasteiger partial charge in [0.05, 0.1) is 7.11 Å². The summed E-state index contributed by atoms with van der Waals surface area (Å²) in [5.41, 5.74) is 7.47. The molecule has 0 heterocycles. The minimum Gasteiger partial charge on any atom is -0.497 e. The monoisotopic (exact) mass is 267 g/mol. The molecule has 2 N–H and O–H groups in total. The standard InChI is InChI=1S/C15H25NOS/c1-15(2,3)18-11-13(16)8-5-12-6-9-14(17-4)10-7-12/h6-7,9-10,13H,5,8,11,16H2,1-4H3. The van der Waals surface area contributed by atoms with Gasteiger partial charge >= 0.3 is 0 Å². The van der Waals surface area contributed by atoms with E-state index in [2.05, 4.69) is 32.9 Å². The number of benzene rings is 1. The molecule has 1 aromatic carbocycles. The number of ether oxygens (including phenoxy) is 1. The number of thioether (sulfide) groups is 1. The van der Waals surface area contributed by atoms with Crippen molar-refractivity contribution in [2.75, 3.05) is 12.9 Å². The third kappa shape index (κ3) is 6.31. The van der Waals surface area contributed by atoms with Crippen molar-refractivity contribution in [3.8, 4) is 5.75 Å². The average molecular weight is 267 g/mol. The maximum absolute atomic E-state index is 6.14. The predicted molar refractivity (Wildman–Crippen MR) is 81.5 cm³/mol. The molecule has 0 fully saturated rings. The zero-order chi connectivity index (χ0) is 13.6. The van der Waals surface area contributed by atoms with E-state index in [1.807, 2.05) is 23.9 Å². The van der Waals surface area contributed by atoms with Crippen molar-refractivity contribution in [3.63, 3.8) is 0 Å². The first-order valence-electron chi connectivity index (χ1n) is 6.43. The van der Waals surface area contributed by atoms with Crippen LogP contribution in [-0.2, 0) is 6.42 Å². The first-order chi connectivity index (χ1) is 8.40. The van der Waals surface area contributed by atoms with Crippen LogP contribution in [0.4, 0.5) is 0 Å². The molecule has 0 aliphatic rings. The Morgan fingerprint density at radius 3 is 2.33 bits per heavy atom. The molecule has 1 rings (SSSR count). The number of rotatable bonds is 6. The Hall–Kier alpha value is -0.670. The van der Waals surface area contributed by atoms with E-state index in [0.717, 1.165) is 24.3 Å². The number of methoxy groups -OCH3 is 1. The zero-order valence-electron chi connectivity index (χ0n) is 11.9. The molecule has 0 aromatic heterocycles. The largest absolute Gasteiger partial charge is 0.497 e. The Labute approximate surface area is 115 Å². The van der Waals surface area contributed by atoms with Crippen molar-refractivity contribution in [3.05, 3.63) is 29.8 Å². The maximum atomic E-state index is 6.14. The lowest BCUT2D eigenvalue weighted by Gasteiger charge is -2.20. The lowest BCUT2D eigenvalue weighted by Crippen LogP contribution is -2.26. The smallest absolute Gasteiger partial charge is 0.118 e. The Balaban J connectivity index is 2.31. The van der Waals surface area contributed by atoms with E-state index < -0.39 is 0 Å². The molecule has 2 nitrogen and oxygen atoms in total. The van der Waals surface area contributed by atoms with Crippen LogP contribution in [-0.4, -0.2) is 23.7 Å². The number of hydrogen-bond acceptors (Lipinski definition) is 3. The summed E-state index contributed by atoms with van der Waals surface area (Å²) in [6, 6.07) is 8.51. The molecule has 1 aromatic rings. The molecule has 0 aliphatic heterocycles. The van der Waals surface area contributed by atoms with Crippen molar-refractivity contribution >= 4 is 11.8 Å². The van der Waals surface area contributed by atoms with Crippen molar-refractivity contribution in [2.45, 2.75) is 44.4 Å². The van der Waals surface area contributed by atoms with Crippen molar-refractivity contribution < 1.29 is 4.74 Å². The van der Waals surface area contributed by atoms with E-state index in [0.29, 0.717) is 4.75 Å². The summed E-state index contributed by atoms with van der Waals surface area (Å²) >= 11 is 1.94. The predicted octanol–water partition coefficient (Wildman–Crippen LogP) is 3.49. The topological polar surface area (TPSA) is 35.2 Å². The van der Waals surface area contributed by atoms with Gasteiger partial charge in [-0.1, -0.05) is 32.9 Å². The van der Waals surface area contributed by atoms with Crippen LogP contribution in [0, 0.1) is 0 Å². The number of hydrogen-bond donors (Lipinski definition) is 1. The van der Waals surface area contributed by atoms with Crippen molar-refractivity contribution in [1.29, 1.82) is 0 Å². The average Bonchev–Trinajstić information content (AvgIpc) is 2.33. The summed E-state index contributed by atoms with van der Waals surface area (Å²) in [6.45, 7) is 6.69. The molecule has 102 valence electrons. The highest BCUT2D eigenvalue weighted by Crippen LogP contribution is 2.24. The molecular formula is C15H25NOS. The molecule has 18 heavy (non-hydrogen) atoms. The minimum absolute atomic E-state index is 0.274. The summed E-state index contributed by atoms with van der Waals surface area (Å²) in [5, 5.41) is 0. The first-order valence-corrected chi connectivity index (χ1v) is 7.42. The van der Waals surface area contributed by atoms with Crippen LogP contribution in [0.25, 0.3) is 0 Å². The zero-order valence-corrected chi connectivity index (χ0v) is 12.7. The van der Waals surface area contributed by atoms with Crippen LogP contribution in [0.2, 0.25) is 0 Å². The van der Waals surface area contributed by atoms with Gasteiger partial charge in [0.25, 0.3) is 0 Å². The third-order valence-corrected chi connectivity index (χ3v) is 4.15. The van der Waals surface area contributed by atoms with Gasteiger partial charge < -0.3 is 10.5 Å². The van der Waals surface area contributed by atoms with Gasteiger partial charge in [0.15, 0.2) is 0 Å². The van der Waals surface area contributed by atoms with Crippen LogP contribution in [0.5, 0.6) is 5.75 Å². The molecule has 0 amide bonds. The molecule has 3 heteroatoms. The maximum Gasteiger partial charge on any atom is 0.118 e. The van der Waals surface area contributed by atoms with E-state index in [1.165, 1.54) is 5.56 Å². The normalized spacial score (nSPS) is 13.4. The summed E-state index contributed by atoms with van der Waals surface area (Å²) < 4.78 is 5.45. The highest BCUT2D eigenvalue weighted by atomic mass is 32.2. The summed E-state index contributed by atoms with van der Waals surface area (Å²) in [6.07, 6.45) is 2.07. The molecule has 0 aliphatic carbocycles. The van der Waals surface area contributed by atoms with Gasteiger partial charge in [-0.25, -0.2) is 0 Å². The van der Waals surface area contributed by atoms with E-state index in [1.54, 1.807) is 7.11 Å². The Kier molecular flexibility index (Phi) is 6.03. The van der Waals surface area contributed by atoms with Crippen LogP contribution in [0.15, 0.2) is 24.3 Å². The first kappa shape index (κ1) is 15.4. The van der Waals surface area contributed by atoms with Gasteiger partial charge in [-0.05, 0) is 30.5 Å². The molecule has 1 unspecified atom stereocenters. The van der Waals surface area contributed by atoms with Gasteiger partial charge in [0.2, 0.25) is 0 Å². The second kappa shape index (κ2) is 7.05. The van der Waals surface area contributed by atoms with Crippen LogP contribution < -0.4 is 10.5 Å². The lowest BCUT2D eigenvalue weighted by molar-refractivity contribution is 0.414. The molecule has 0 saturated carbocycles. The molecule has 1 atom stereocenters. The van der Waals surface area contributed by atoms with Gasteiger partial charge in [-0.15, -0.1) is 0 Å². The second-order valence-electron chi connectivity index (χ2n) is 5.57. The van der Waals surface area contributed by atoms with Gasteiger partial charge in [0, 0.05) is 16.5 Å². The minimum atomic E-state index is 0.274. The third-order valence-electron chi connectivity index (χ3n) is 2.69. The fraction of sp³-hybridized carbons (Fsp3) is 0.600. The van der Waals surface area contributed by atoms with E-state index in [4.69, 9.17) is 10.5 Å². The van der Waals surface area contributed by atoms with E-state index >= 15 is 0 Å². The SMILES string of the molecule is COc1ccc(CCC(N)CSC(C)(C)C)cc1. The summed E-state index contributed by atoms with van der Waals surface area (Å²) in [7, 11) is 1.69. The molecule has 0 spiro atoms. The molecule has 0 saturated heterocycles.